The lowest BCUT2D eigenvalue weighted by Gasteiger charge is -2.35. The van der Waals surface area contributed by atoms with Crippen molar-refractivity contribution in [1.29, 1.82) is 0 Å². The molecule has 30 heavy (non-hydrogen) atoms. The highest BCUT2D eigenvalue weighted by molar-refractivity contribution is 5.67. The number of hydrogen-bond donors (Lipinski definition) is 2. The van der Waals surface area contributed by atoms with Crippen LogP contribution < -0.4 is 14.2 Å². The SMILES string of the molecule is CC(C)=CCc1cc2c(cc1O)OCC1(O)c3cc4c(cc3OC21)C=CC(C)(C)O4. The monoisotopic (exact) mass is 406 g/mol. The van der Waals surface area contributed by atoms with Crippen molar-refractivity contribution in [2.24, 2.45) is 0 Å². The summed E-state index contributed by atoms with van der Waals surface area (Å²) in [5, 5.41) is 22.0. The van der Waals surface area contributed by atoms with Gasteiger partial charge in [-0.2, -0.15) is 0 Å². The zero-order valence-electron chi connectivity index (χ0n) is 17.7. The molecule has 2 aromatic carbocycles. The van der Waals surface area contributed by atoms with Crippen molar-refractivity contribution in [3.63, 3.8) is 0 Å². The molecule has 2 unspecified atom stereocenters. The summed E-state index contributed by atoms with van der Waals surface area (Å²) in [5.41, 5.74) is 2.55. The molecule has 2 aromatic rings. The van der Waals surface area contributed by atoms with E-state index in [1.165, 1.54) is 5.57 Å². The van der Waals surface area contributed by atoms with E-state index in [0.717, 1.165) is 22.4 Å². The van der Waals surface area contributed by atoms with Crippen LogP contribution in [0.15, 0.2) is 42.0 Å². The van der Waals surface area contributed by atoms with Gasteiger partial charge in [0.1, 0.15) is 35.2 Å². The molecule has 3 aliphatic heterocycles. The van der Waals surface area contributed by atoms with Crippen molar-refractivity contribution in [2.45, 2.75) is 51.4 Å². The highest BCUT2D eigenvalue weighted by Crippen LogP contribution is 2.56. The molecule has 0 fully saturated rings. The lowest BCUT2D eigenvalue weighted by atomic mass is 9.83. The van der Waals surface area contributed by atoms with Gasteiger partial charge in [0, 0.05) is 22.8 Å². The van der Waals surface area contributed by atoms with E-state index in [9.17, 15) is 10.2 Å². The van der Waals surface area contributed by atoms with Crippen LogP contribution in [0.2, 0.25) is 0 Å². The fraction of sp³-hybridized carbons (Fsp3) is 0.360. The van der Waals surface area contributed by atoms with Gasteiger partial charge in [0.05, 0.1) is 0 Å². The van der Waals surface area contributed by atoms with E-state index in [4.69, 9.17) is 14.2 Å². The van der Waals surface area contributed by atoms with Crippen molar-refractivity contribution < 1.29 is 24.4 Å². The topological polar surface area (TPSA) is 68.2 Å². The molecule has 0 saturated carbocycles. The Hall–Kier alpha value is -2.92. The highest BCUT2D eigenvalue weighted by atomic mass is 16.5. The number of hydrogen-bond acceptors (Lipinski definition) is 5. The number of aliphatic hydroxyl groups is 1. The predicted octanol–water partition coefficient (Wildman–Crippen LogP) is 4.80. The van der Waals surface area contributed by atoms with Gasteiger partial charge in [-0.3, -0.25) is 0 Å². The van der Waals surface area contributed by atoms with Gasteiger partial charge in [0.25, 0.3) is 0 Å². The van der Waals surface area contributed by atoms with Gasteiger partial charge in [-0.25, -0.2) is 0 Å². The summed E-state index contributed by atoms with van der Waals surface area (Å²) in [7, 11) is 0. The van der Waals surface area contributed by atoms with Crippen LogP contribution in [0.5, 0.6) is 23.0 Å². The summed E-state index contributed by atoms with van der Waals surface area (Å²) in [6.45, 7) is 8.08. The number of allylic oxidation sites excluding steroid dienone is 2. The minimum Gasteiger partial charge on any atom is -0.508 e. The Balaban J connectivity index is 1.58. The Kier molecular flexibility index (Phi) is 4.00. The molecule has 5 nitrogen and oxygen atoms in total. The number of fused-ring (bicyclic) bond motifs is 6. The number of rotatable bonds is 2. The Morgan fingerprint density at radius 3 is 2.70 bits per heavy atom. The van der Waals surface area contributed by atoms with E-state index < -0.39 is 17.3 Å². The molecule has 0 radical (unpaired) electrons. The predicted molar refractivity (Wildman–Crippen MR) is 114 cm³/mol. The molecule has 3 aliphatic rings. The molecule has 0 aliphatic carbocycles. The fourth-order valence-corrected chi connectivity index (χ4v) is 4.31. The maximum atomic E-state index is 11.6. The molecule has 5 rings (SSSR count). The van der Waals surface area contributed by atoms with E-state index in [1.54, 1.807) is 6.07 Å². The van der Waals surface area contributed by atoms with Gasteiger partial charge in [-0.05, 0) is 64.0 Å². The number of benzene rings is 2. The number of phenols is 1. The van der Waals surface area contributed by atoms with E-state index in [1.807, 2.05) is 58.0 Å². The molecule has 0 bridgehead atoms. The zero-order chi connectivity index (χ0) is 21.3. The lowest BCUT2D eigenvalue weighted by molar-refractivity contribution is -0.0865. The van der Waals surface area contributed by atoms with E-state index >= 15 is 0 Å². The van der Waals surface area contributed by atoms with Crippen LogP contribution in [0.4, 0.5) is 0 Å². The van der Waals surface area contributed by atoms with Crippen LogP contribution in [0.3, 0.4) is 0 Å². The van der Waals surface area contributed by atoms with E-state index in [0.29, 0.717) is 23.5 Å². The van der Waals surface area contributed by atoms with E-state index in [-0.39, 0.29) is 12.4 Å². The fourth-order valence-electron chi connectivity index (χ4n) is 4.31. The van der Waals surface area contributed by atoms with Gasteiger partial charge in [-0.1, -0.05) is 17.7 Å². The minimum absolute atomic E-state index is 0.0441. The molecule has 156 valence electrons. The molecule has 5 heteroatoms. The maximum Gasteiger partial charge on any atom is 0.168 e. The normalized spacial score (nSPS) is 24.4. The summed E-state index contributed by atoms with van der Waals surface area (Å²) in [6.07, 6.45) is 6.08. The largest absolute Gasteiger partial charge is 0.508 e. The number of phenolic OH excluding ortho intramolecular Hbond substituents is 1. The molecular formula is C25H26O5. The molecule has 0 amide bonds. The first-order chi connectivity index (χ1) is 14.2. The Labute approximate surface area is 176 Å². The van der Waals surface area contributed by atoms with E-state index in [2.05, 4.69) is 6.08 Å². The smallest absolute Gasteiger partial charge is 0.168 e. The Morgan fingerprint density at radius 1 is 1.13 bits per heavy atom. The second-order valence-corrected chi connectivity index (χ2v) is 9.14. The van der Waals surface area contributed by atoms with Crippen LogP contribution in [0.1, 0.15) is 56.1 Å². The second kappa shape index (κ2) is 6.29. The average Bonchev–Trinajstić information content (AvgIpc) is 2.96. The maximum absolute atomic E-state index is 11.6. The van der Waals surface area contributed by atoms with Crippen LogP contribution in [-0.2, 0) is 12.0 Å². The van der Waals surface area contributed by atoms with Gasteiger partial charge in [-0.15, -0.1) is 0 Å². The van der Waals surface area contributed by atoms with Crippen LogP contribution in [0, 0.1) is 0 Å². The third-order valence-electron chi connectivity index (χ3n) is 5.97. The quantitative estimate of drug-likeness (QED) is 0.702. The molecule has 0 spiro atoms. The molecule has 0 saturated heterocycles. The van der Waals surface area contributed by atoms with Crippen molar-refractivity contribution >= 4 is 6.08 Å². The Morgan fingerprint density at radius 2 is 1.93 bits per heavy atom. The van der Waals surface area contributed by atoms with Crippen LogP contribution in [-0.4, -0.2) is 22.4 Å². The van der Waals surface area contributed by atoms with Gasteiger partial charge in [0.15, 0.2) is 11.7 Å². The molecule has 2 atom stereocenters. The summed E-state index contributed by atoms with van der Waals surface area (Å²) in [4.78, 5) is 0. The molecular weight excluding hydrogens is 380 g/mol. The average molecular weight is 406 g/mol. The summed E-state index contributed by atoms with van der Waals surface area (Å²) < 4.78 is 18.2. The molecule has 3 heterocycles. The van der Waals surface area contributed by atoms with Crippen molar-refractivity contribution in [3.8, 4) is 23.0 Å². The standard InChI is InChI=1S/C25H26O5/c1-14(2)5-6-15-9-17-21(12-19(15)26)28-13-25(27)18-11-20-16(7-8-24(3,4)30-20)10-22(18)29-23(17)25/h5,7-12,23,26-27H,6,13H2,1-4H3. The summed E-state index contributed by atoms with van der Waals surface area (Å²) >= 11 is 0. The second-order valence-electron chi connectivity index (χ2n) is 9.14. The summed E-state index contributed by atoms with van der Waals surface area (Å²) in [5.74, 6) is 2.07. The number of aromatic hydroxyl groups is 1. The van der Waals surface area contributed by atoms with Gasteiger partial charge >= 0.3 is 0 Å². The third kappa shape index (κ3) is 2.88. The minimum atomic E-state index is -1.32. The first kappa shape index (κ1) is 19.1. The number of ether oxygens (including phenoxy) is 3. The molecule has 2 N–H and O–H groups in total. The first-order valence-corrected chi connectivity index (χ1v) is 10.2. The van der Waals surface area contributed by atoms with Crippen LogP contribution in [0.25, 0.3) is 6.08 Å². The first-order valence-electron chi connectivity index (χ1n) is 10.2. The molecule has 0 aromatic heterocycles. The van der Waals surface area contributed by atoms with Crippen molar-refractivity contribution in [3.05, 3.63) is 64.2 Å². The Bertz CT molecular complexity index is 1110. The van der Waals surface area contributed by atoms with Crippen LogP contribution >= 0.6 is 0 Å². The van der Waals surface area contributed by atoms with Crippen molar-refractivity contribution in [2.75, 3.05) is 6.61 Å². The van der Waals surface area contributed by atoms with Crippen molar-refractivity contribution in [1.82, 2.24) is 0 Å². The van der Waals surface area contributed by atoms with Gasteiger partial charge < -0.3 is 24.4 Å². The summed E-state index contributed by atoms with van der Waals surface area (Å²) in [6, 6.07) is 7.28. The van der Waals surface area contributed by atoms with Gasteiger partial charge in [0.2, 0.25) is 0 Å². The third-order valence-corrected chi connectivity index (χ3v) is 5.97. The zero-order valence-corrected chi connectivity index (χ0v) is 17.7. The highest BCUT2D eigenvalue weighted by Gasteiger charge is 2.53. The lowest BCUT2D eigenvalue weighted by Crippen LogP contribution is -2.41.